The molecular weight excluding hydrogens is 392 g/mol. The number of carbonyl (C=O) groups is 1. The summed E-state index contributed by atoms with van der Waals surface area (Å²) in [6.07, 6.45) is 1.55. The van der Waals surface area contributed by atoms with Crippen molar-refractivity contribution in [2.75, 3.05) is 6.61 Å². The number of alkyl halides is 1. The van der Waals surface area contributed by atoms with Crippen molar-refractivity contribution in [3.8, 4) is 0 Å². The number of carbonyl (C=O) groups excluding carboxylic acids is 1. The van der Waals surface area contributed by atoms with Crippen molar-refractivity contribution in [3.63, 3.8) is 0 Å². The van der Waals surface area contributed by atoms with Crippen LogP contribution < -0.4 is 0 Å². The molecule has 6 heteroatoms. The number of benzene rings is 1. The summed E-state index contributed by atoms with van der Waals surface area (Å²) in [6.45, 7) is 8.03. The lowest BCUT2D eigenvalue weighted by molar-refractivity contribution is -0.127. The summed E-state index contributed by atoms with van der Waals surface area (Å²) in [7, 11) is -3.84. The molecule has 3 atom stereocenters. The number of rotatable bonds is 4. The minimum absolute atomic E-state index is 0.0213. The molecule has 0 radical (unpaired) electrons. The fraction of sp³-hybridized carbons (Fsp3) is 0.611. The second-order valence-corrected chi connectivity index (χ2v) is 10.4. The molecule has 2 aliphatic carbocycles. The van der Waals surface area contributed by atoms with Gasteiger partial charge in [0.2, 0.25) is 0 Å². The van der Waals surface area contributed by atoms with Gasteiger partial charge in [-0.15, -0.1) is 0 Å². The average Bonchev–Trinajstić information content (AvgIpc) is 2.78. The summed E-state index contributed by atoms with van der Waals surface area (Å²) in [5.74, 6) is 0.162. The van der Waals surface area contributed by atoms with Crippen molar-refractivity contribution in [3.05, 3.63) is 29.8 Å². The number of hydrogen-bond acceptors (Lipinski definition) is 4. The third-order valence-corrected chi connectivity index (χ3v) is 9.31. The molecule has 3 rings (SSSR count). The highest BCUT2D eigenvalue weighted by Gasteiger charge is 2.74. The summed E-state index contributed by atoms with van der Waals surface area (Å²) >= 11 is 3.54. The summed E-state index contributed by atoms with van der Waals surface area (Å²) < 4.78 is 30.5. The van der Waals surface area contributed by atoms with E-state index in [0.29, 0.717) is 0 Å². The minimum Gasteiger partial charge on any atom is -0.298 e. The monoisotopic (exact) mass is 414 g/mol. The van der Waals surface area contributed by atoms with E-state index in [-0.39, 0.29) is 27.5 Å². The van der Waals surface area contributed by atoms with Crippen LogP contribution in [-0.2, 0) is 19.1 Å². The Kier molecular flexibility index (Phi) is 4.06. The number of fused-ring (bicyclic) bond motifs is 2. The molecule has 0 saturated heterocycles. The van der Waals surface area contributed by atoms with Gasteiger partial charge in [-0.25, -0.2) is 0 Å². The van der Waals surface area contributed by atoms with Gasteiger partial charge in [-0.3, -0.25) is 8.98 Å². The van der Waals surface area contributed by atoms with Gasteiger partial charge in [0.15, 0.2) is 5.78 Å². The Labute approximate surface area is 152 Å². The Bertz CT molecular complexity index is 784. The SMILES string of the molecule is Cc1ccc(S(=O)(=O)OCC23CCC(C)(C(=O)C2Br)C3(C)C)cc1. The average molecular weight is 415 g/mol. The molecular formula is C18H23BrO4S. The van der Waals surface area contributed by atoms with Crippen LogP contribution in [0.2, 0.25) is 0 Å². The molecule has 2 bridgehead atoms. The smallest absolute Gasteiger partial charge is 0.296 e. The molecule has 1 aromatic rings. The van der Waals surface area contributed by atoms with Gasteiger partial charge in [0, 0.05) is 10.8 Å². The normalized spacial score (nSPS) is 34.7. The highest BCUT2D eigenvalue weighted by molar-refractivity contribution is 9.10. The van der Waals surface area contributed by atoms with Crippen LogP contribution in [0.4, 0.5) is 0 Å². The van der Waals surface area contributed by atoms with Crippen molar-refractivity contribution < 1.29 is 17.4 Å². The van der Waals surface area contributed by atoms with Gasteiger partial charge in [-0.1, -0.05) is 54.4 Å². The summed E-state index contributed by atoms with van der Waals surface area (Å²) in [5.41, 5.74) is -0.273. The second-order valence-electron chi connectivity index (χ2n) is 7.87. The van der Waals surface area contributed by atoms with Crippen LogP contribution in [0.25, 0.3) is 0 Å². The van der Waals surface area contributed by atoms with E-state index in [0.717, 1.165) is 18.4 Å². The largest absolute Gasteiger partial charge is 0.298 e. The fourth-order valence-corrected chi connectivity index (χ4v) is 6.74. The van der Waals surface area contributed by atoms with Crippen LogP contribution in [0, 0.1) is 23.2 Å². The van der Waals surface area contributed by atoms with E-state index in [4.69, 9.17) is 4.18 Å². The Balaban J connectivity index is 1.89. The van der Waals surface area contributed by atoms with Crippen molar-refractivity contribution in [1.82, 2.24) is 0 Å². The Morgan fingerprint density at radius 2 is 1.75 bits per heavy atom. The highest BCUT2D eigenvalue weighted by Crippen LogP contribution is 2.72. The maximum absolute atomic E-state index is 12.7. The summed E-state index contributed by atoms with van der Waals surface area (Å²) in [5, 5.41) is 0. The first kappa shape index (κ1) is 18.1. The predicted octanol–water partition coefficient (Wildman–Crippen LogP) is 3.86. The fourth-order valence-electron chi connectivity index (χ4n) is 4.33. The molecule has 2 saturated carbocycles. The van der Waals surface area contributed by atoms with E-state index in [1.54, 1.807) is 24.3 Å². The molecule has 0 heterocycles. The Morgan fingerprint density at radius 1 is 1.17 bits per heavy atom. The first-order chi connectivity index (χ1) is 11.0. The third kappa shape index (κ3) is 2.19. The predicted molar refractivity (Wildman–Crippen MR) is 95.6 cm³/mol. The molecule has 0 spiro atoms. The van der Waals surface area contributed by atoms with Crippen LogP contribution in [0.5, 0.6) is 0 Å². The van der Waals surface area contributed by atoms with Crippen molar-refractivity contribution in [2.24, 2.45) is 16.2 Å². The van der Waals surface area contributed by atoms with Crippen LogP contribution in [0.15, 0.2) is 29.2 Å². The molecule has 0 aliphatic heterocycles. The number of aryl methyl sites for hydroxylation is 1. The molecule has 4 nitrogen and oxygen atoms in total. The Hall–Kier alpha value is -0.720. The van der Waals surface area contributed by atoms with Crippen molar-refractivity contribution in [2.45, 2.75) is 50.3 Å². The van der Waals surface area contributed by atoms with Crippen LogP contribution in [-0.4, -0.2) is 25.6 Å². The standard InChI is InChI=1S/C18H23BrO4S/c1-12-5-7-13(8-6-12)24(21,22)23-11-18-10-9-17(4,16(18,2)3)15(20)14(18)19/h5-8,14H,9-11H2,1-4H3. The lowest BCUT2D eigenvalue weighted by atomic mass is 9.65. The number of Topliss-reactive ketones (excluding diaryl/α,β-unsaturated/α-hetero) is 1. The zero-order valence-electron chi connectivity index (χ0n) is 14.4. The van der Waals surface area contributed by atoms with E-state index in [1.165, 1.54) is 0 Å². The van der Waals surface area contributed by atoms with E-state index < -0.39 is 20.9 Å². The minimum atomic E-state index is -3.84. The molecule has 24 heavy (non-hydrogen) atoms. The van der Waals surface area contributed by atoms with Gasteiger partial charge in [0.1, 0.15) is 0 Å². The van der Waals surface area contributed by atoms with Gasteiger partial charge >= 0.3 is 0 Å². The topological polar surface area (TPSA) is 60.4 Å². The third-order valence-electron chi connectivity index (χ3n) is 6.74. The van der Waals surface area contributed by atoms with Crippen LogP contribution in [0.3, 0.4) is 0 Å². The van der Waals surface area contributed by atoms with Crippen molar-refractivity contribution in [1.29, 1.82) is 0 Å². The summed E-state index contributed by atoms with van der Waals surface area (Å²) in [4.78, 5) is 12.5. The molecule has 0 N–H and O–H groups in total. The zero-order valence-corrected chi connectivity index (χ0v) is 16.8. The number of hydrogen-bond donors (Lipinski definition) is 0. The van der Waals surface area contributed by atoms with E-state index in [2.05, 4.69) is 29.8 Å². The molecule has 0 amide bonds. The maximum Gasteiger partial charge on any atom is 0.296 e. The highest BCUT2D eigenvalue weighted by atomic mass is 79.9. The molecule has 132 valence electrons. The zero-order chi connectivity index (χ0) is 18.0. The van der Waals surface area contributed by atoms with E-state index >= 15 is 0 Å². The van der Waals surface area contributed by atoms with Crippen LogP contribution in [0.1, 0.15) is 39.2 Å². The maximum atomic E-state index is 12.7. The molecule has 2 fully saturated rings. The second kappa shape index (κ2) is 5.39. The number of ketones is 1. The van der Waals surface area contributed by atoms with Gasteiger partial charge in [0.25, 0.3) is 10.1 Å². The molecule has 0 aromatic heterocycles. The van der Waals surface area contributed by atoms with Gasteiger partial charge in [-0.05, 0) is 37.3 Å². The van der Waals surface area contributed by atoms with Gasteiger partial charge in [0.05, 0.1) is 16.3 Å². The van der Waals surface area contributed by atoms with Gasteiger partial charge in [-0.2, -0.15) is 8.42 Å². The van der Waals surface area contributed by atoms with E-state index in [9.17, 15) is 13.2 Å². The quantitative estimate of drug-likeness (QED) is 0.554. The van der Waals surface area contributed by atoms with Gasteiger partial charge < -0.3 is 0 Å². The molecule has 3 unspecified atom stereocenters. The number of halogens is 1. The molecule has 1 aromatic carbocycles. The van der Waals surface area contributed by atoms with Crippen LogP contribution >= 0.6 is 15.9 Å². The Morgan fingerprint density at radius 3 is 2.25 bits per heavy atom. The van der Waals surface area contributed by atoms with E-state index in [1.807, 2.05) is 13.8 Å². The lowest BCUT2D eigenvalue weighted by Gasteiger charge is -2.40. The summed E-state index contributed by atoms with van der Waals surface area (Å²) in [6, 6.07) is 6.60. The van der Waals surface area contributed by atoms with Crippen molar-refractivity contribution >= 4 is 31.8 Å². The first-order valence-electron chi connectivity index (χ1n) is 8.12. The molecule has 2 aliphatic rings. The first-order valence-corrected chi connectivity index (χ1v) is 10.4. The lowest BCUT2D eigenvalue weighted by Crippen LogP contribution is -2.42.